The highest BCUT2D eigenvalue weighted by molar-refractivity contribution is 6.07. The third kappa shape index (κ3) is 1.70. The van der Waals surface area contributed by atoms with E-state index in [1.54, 1.807) is 6.20 Å². The first-order valence-electron chi connectivity index (χ1n) is 7.19. The number of aryl methyl sites for hydroxylation is 2. The molecule has 108 valence electrons. The highest BCUT2D eigenvalue weighted by Gasteiger charge is 2.14. The quantitative estimate of drug-likeness (QED) is 0.540. The van der Waals surface area contributed by atoms with Crippen LogP contribution in [0.1, 0.15) is 5.56 Å². The second-order valence-corrected chi connectivity index (χ2v) is 5.54. The van der Waals surface area contributed by atoms with E-state index in [0.29, 0.717) is 5.52 Å². The van der Waals surface area contributed by atoms with Gasteiger partial charge in [-0.3, -0.25) is 4.79 Å². The van der Waals surface area contributed by atoms with Gasteiger partial charge in [0.25, 0.3) is 5.56 Å². The number of fused-ring (bicyclic) bond motifs is 3. The summed E-state index contributed by atoms with van der Waals surface area (Å²) in [7, 11) is 1.93. The van der Waals surface area contributed by atoms with Gasteiger partial charge < -0.3 is 4.57 Å². The molecule has 0 bridgehead atoms. The van der Waals surface area contributed by atoms with Crippen LogP contribution in [0.15, 0.2) is 59.5 Å². The number of aromatic nitrogens is 3. The molecule has 0 aliphatic carbocycles. The van der Waals surface area contributed by atoms with Crippen LogP contribution < -0.4 is 5.56 Å². The van der Waals surface area contributed by atoms with Crippen molar-refractivity contribution < 1.29 is 0 Å². The Morgan fingerprint density at radius 2 is 1.77 bits per heavy atom. The minimum absolute atomic E-state index is 0.0972. The van der Waals surface area contributed by atoms with Crippen LogP contribution in [0.25, 0.3) is 27.5 Å². The molecule has 2 heterocycles. The number of nitrogens with zero attached hydrogens (tertiary/aromatic N) is 3. The Labute approximate surface area is 127 Å². The fraction of sp³-hybridized carbons (Fsp3) is 0.111. The third-order valence-electron chi connectivity index (χ3n) is 4.09. The zero-order valence-electron chi connectivity index (χ0n) is 12.4. The van der Waals surface area contributed by atoms with Gasteiger partial charge in [0.15, 0.2) is 0 Å². The van der Waals surface area contributed by atoms with Crippen molar-refractivity contribution in [2.75, 3.05) is 0 Å². The minimum Gasteiger partial charge on any atom is -0.339 e. The van der Waals surface area contributed by atoms with E-state index in [2.05, 4.69) is 30.2 Å². The van der Waals surface area contributed by atoms with E-state index in [1.165, 1.54) is 10.2 Å². The average Bonchev–Trinajstić information content (AvgIpc) is 2.82. The predicted molar refractivity (Wildman–Crippen MR) is 88.6 cm³/mol. The van der Waals surface area contributed by atoms with Gasteiger partial charge in [-0.2, -0.15) is 9.78 Å². The zero-order valence-corrected chi connectivity index (χ0v) is 12.4. The van der Waals surface area contributed by atoms with Gasteiger partial charge in [-0.1, -0.05) is 29.8 Å². The van der Waals surface area contributed by atoms with E-state index in [1.807, 2.05) is 41.9 Å². The molecule has 0 amide bonds. The lowest BCUT2D eigenvalue weighted by atomic mass is 10.1. The van der Waals surface area contributed by atoms with Crippen LogP contribution in [0.5, 0.6) is 0 Å². The molecule has 4 rings (SSSR count). The molecule has 2 aromatic carbocycles. The molecule has 0 radical (unpaired) electrons. The first kappa shape index (κ1) is 12.8. The van der Waals surface area contributed by atoms with Gasteiger partial charge in [0.1, 0.15) is 5.52 Å². The number of rotatable bonds is 1. The number of hydrogen-bond donors (Lipinski definition) is 0. The third-order valence-corrected chi connectivity index (χ3v) is 4.09. The molecule has 2 aromatic heterocycles. The molecule has 0 N–H and O–H groups in total. The molecule has 0 saturated heterocycles. The fourth-order valence-corrected chi connectivity index (χ4v) is 3.00. The smallest absolute Gasteiger partial charge is 0.296 e. The summed E-state index contributed by atoms with van der Waals surface area (Å²) >= 11 is 0. The van der Waals surface area contributed by atoms with Crippen LogP contribution in [0, 0.1) is 6.92 Å². The molecule has 4 nitrogen and oxygen atoms in total. The van der Waals surface area contributed by atoms with Crippen LogP contribution in [0.3, 0.4) is 0 Å². The molecule has 0 aliphatic rings. The topological polar surface area (TPSA) is 39.8 Å². The Kier molecular flexibility index (Phi) is 2.66. The molecule has 4 aromatic rings. The maximum Gasteiger partial charge on any atom is 0.296 e. The van der Waals surface area contributed by atoms with Crippen molar-refractivity contribution in [1.29, 1.82) is 0 Å². The fourth-order valence-electron chi connectivity index (χ4n) is 3.00. The molecule has 0 unspecified atom stereocenters. The standard InChI is InChI=1S/C18H15N3O/c1-12-8-9-16-14(10-12)15-11-19-21(13-6-4-3-5-7-13)18(22)17(15)20(16)2/h3-11H,1-2H3. The molecule has 0 spiro atoms. The zero-order chi connectivity index (χ0) is 15.3. The molecular formula is C18H15N3O. The Morgan fingerprint density at radius 3 is 2.55 bits per heavy atom. The molecule has 4 heteroatoms. The SMILES string of the molecule is Cc1ccc2c(c1)c1cnn(-c3ccccc3)c(=O)c1n2C. The molecule has 0 atom stereocenters. The predicted octanol–water partition coefficient (Wildman–Crippen LogP) is 3.19. The molecular weight excluding hydrogens is 274 g/mol. The number of hydrogen-bond acceptors (Lipinski definition) is 2. The van der Waals surface area contributed by atoms with Gasteiger partial charge in [0.05, 0.1) is 11.9 Å². The lowest BCUT2D eigenvalue weighted by Crippen LogP contribution is -2.22. The summed E-state index contributed by atoms with van der Waals surface area (Å²) in [6, 6.07) is 15.7. The highest BCUT2D eigenvalue weighted by Crippen LogP contribution is 2.26. The van der Waals surface area contributed by atoms with Gasteiger partial charge in [-0.15, -0.1) is 0 Å². The molecule has 22 heavy (non-hydrogen) atoms. The Morgan fingerprint density at radius 1 is 1.00 bits per heavy atom. The first-order chi connectivity index (χ1) is 10.7. The summed E-state index contributed by atoms with van der Waals surface area (Å²) in [5, 5.41) is 6.33. The Balaban J connectivity index is 2.14. The van der Waals surface area contributed by atoms with Crippen LogP contribution in [-0.4, -0.2) is 14.3 Å². The summed E-state index contributed by atoms with van der Waals surface area (Å²) in [4.78, 5) is 12.9. The Hall–Kier alpha value is -2.88. The van der Waals surface area contributed by atoms with Crippen molar-refractivity contribution >= 4 is 21.8 Å². The summed E-state index contributed by atoms with van der Waals surface area (Å²) in [5.41, 5.74) is 3.58. The lowest BCUT2D eigenvalue weighted by Gasteiger charge is -2.04. The maximum absolute atomic E-state index is 12.9. The van der Waals surface area contributed by atoms with Crippen LogP contribution in [0.2, 0.25) is 0 Å². The van der Waals surface area contributed by atoms with Gasteiger partial charge >= 0.3 is 0 Å². The molecule has 0 fully saturated rings. The second-order valence-electron chi connectivity index (χ2n) is 5.54. The van der Waals surface area contributed by atoms with Crippen molar-refractivity contribution in [2.45, 2.75) is 6.92 Å². The first-order valence-corrected chi connectivity index (χ1v) is 7.19. The summed E-state index contributed by atoms with van der Waals surface area (Å²) < 4.78 is 3.40. The van der Waals surface area contributed by atoms with Crippen LogP contribution in [-0.2, 0) is 7.05 Å². The van der Waals surface area contributed by atoms with Crippen LogP contribution >= 0.6 is 0 Å². The summed E-state index contributed by atoms with van der Waals surface area (Å²) in [6.07, 6.45) is 1.78. The van der Waals surface area contributed by atoms with E-state index in [0.717, 1.165) is 22.0 Å². The average molecular weight is 289 g/mol. The van der Waals surface area contributed by atoms with E-state index in [4.69, 9.17) is 0 Å². The van der Waals surface area contributed by atoms with E-state index in [9.17, 15) is 4.79 Å². The highest BCUT2D eigenvalue weighted by atomic mass is 16.1. The molecule has 0 aliphatic heterocycles. The van der Waals surface area contributed by atoms with Crippen molar-refractivity contribution in [3.05, 3.63) is 70.6 Å². The van der Waals surface area contributed by atoms with Crippen molar-refractivity contribution in [3.8, 4) is 5.69 Å². The summed E-state index contributed by atoms with van der Waals surface area (Å²) in [5.74, 6) is 0. The maximum atomic E-state index is 12.9. The van der Waals surface area contributed by atoms with Crippen LogP contribution in [0.4, 0.5) is 0 Å². The van der Waals surface area contributed by atoms with Gasteiger partial charge in [0, 0.05) is 23.3 Å². The number of para-hydroxylation sites is 1. The largest absolute Gasteiger partial charge is 0.339 e. The van der Waals surface area contributed by atoms with Crippen molar-refractivity contribution in [1.82, 2.24) is 14.3 Å². The summed E-state index contributed by atoms with van der Waals surface area (Å²) in [6.45, 7) is 2.05. The normalized spacial score (nSPS) is 11.4. The van der Waals surface area contributed by atoms with E-state index < -0.39 is 0 Å². The molecule has 0 saturated carbocycles. The Bertz CT molecular complexity index is 1060. The van der Waals surface area contributed by atoms with Gasteiger partial charge in [-0.25, -0.2) is 0 Å². The van der Waals surface area contributed by atoms with E-state index in [-0.39, 0.29) is 5.56 Å². The van der Waals surface area contributed by atoms with Gasteiger partial charge in [0.2, 0.25) is 0 Å². The lowest BCUT2D eigenvalue weighted by molar-refractivity contribution is 0.811. The number of benzene rings is 2. The van der Waals surface area contributed by atoms with Crippen molar-refractivity contribution in [3.63, 3.8) is 0 Å². The van der Waals surface area contributed by atoms with Crippen molar-refractivity contribution in [2.24, 2.45) is 7.05 Å². The van der Waals surface area contributed by atoms with Gasteiger partial charge in [-0.05, 0) is 31.2 Å². The monoisotopic (exact) mass is 289 g/mol. The van der Waals surface area contributed by atoms with E-state index >= 15 is 0 Å². The minimum atomic E-state index is -0.0972. The second kappa shape index (κ2) is 4.56.